The Hall–Kier alpha value is -0.160. The molecule has 0 aromatic carbocycles. The Morgan fingerprint density at radius 2 is 1.81 bits per heavy atom. The van der Waals surface area contributed by atoms with Crippen molar-refractivity contribution in [3.63, 3.8) is 0 Å². The third-order valence-electron chi connectivity index (χ3n) is 6.69. The Kier molecular flexibility index (Phi) is 4.11. The zero-order valence-corrected chi connectivity index (χ0v) is 14.4. The average molecular weight is 294 g/mol. The molecule has 122 valence electrons. The molecule has 2 saturated carbocycles. The first-order valence-electron chi connectivity index (χ1n) is 8.77. The molecule has 0 aromatic rings. The number of hydrogen-bond acceptors (Lipinski definition) is 4. The maximum absolute atomic E-state index is 6.29. The molecule has 2 atom stereocenters. The van der Waals surface area contributed by atoms with Crippen molar-refractivity contribution in [3.05, 3.63) is 0 Å². The van der Waals surface area contributed by atoms with Crippen LogP contribution in [-0.2, 0) is 0 Å². The van der Waals surface area contributed by atoms with Crippen LogP contribution in [0.25, 0.3) is 0 Å². The molecule has 4 nitrogen and oxygen atoms in total. The van der Waals surface area contributed by atoms with Crippen molar-refractivity contribution in [1.29, 1.82) is 0 Å². The normalized spacial score (nSPS) is 36.4. The van der Waals surface area contributed by atoms with Crippen LogP contribution in [0.3, 0.4) is 0 Å². The Morgan fingerprint density at radius 1 is 1.14 bits per heavy atom. The van der Waals surface area contributed by atoms with Gasteiger partial charge in [0.2, 0.25) is 0 Å². The summed E-state index contributed by atoms with van der Waals surface area (Å²) >= 11 is 0. The summed E-state index contributed by atoms with van der Waals surface area (Å²) in [5, 5.41) is 0. The zero-order chi connectivity index (χ0) is 15.3. The van der Waals surface area contributed by atoms with Gasteiger partial charge in [-0.1, -0.05) is 0 Å². The van der Waals surface area contributed by atoms with Gasteiger partial charge in [0, 0.05) is 42.8 Å². The molecule has 0 amide bonds. The fraction of sp³-hybridized carbons (Fsp3) is 1.00. The highest BCUT2D eigenvalue weighted by Gasteiger charge is 2.50. The fourth-order valence-electron chi connectivity index (χ4n) is 4.64. The molecule has 3 rings (SSSR count). The summed E-state index contributed by atoms with van der Waals surface area (Å²) in [6, 6.07) is 1.55. The second kappa shape index (κ2) is 5.48. The van der Waals surface area contributed by atoms with Crippen molar-refractivity contribution < 1.29 is 0 Å². The van der Waals surface area contributed by atoms with Gasteiger partial charge in [-0.15, -0.1) is 0 Å². The Morgan fingerprint density at radius 3 is 2.24 bits per heavy atom. The molecule has 0 spiro atoms. The van der Waals surface area contributed by atoms with E-state index in [2.05, 4.69) is 42.8 Å². The van der Waals surface area contributed by atoms with Crippen LogP contribution in [0.1, 0.15) is 45.4 Å². The molecule has 1 aliphatic heterocycles. The van der Waals surface area contributed by atoms with Crippen LogP contribution in [0.4, 0.5) is 0 Å². The molecular weight excluding hydrogens is 260 g/mol. The van der Waals surface area contributed by atoms with Crippen molar-refractivity contribution in [2.45, 2.75) is 68.6 Å². The topological polar surface area (TPSA) is 35.7 Å². The van der Waals surface area contributed by atoms with E-state index in [0.717, 1.165) is 12.6 Å². The molecule has 1 heterocycles. The molecule has 0 bridgehead atoms. The van der Waals surface area contributed by atoms with Crippen molar-refractivity contribution in [3.8, 4) is 0 Å². The number of nitrogens with zero attached hydrogens (tertiary/aromatic N) is 3. The first kappa shape index (κ1) is 15.7. The van der Waals surface area contributed by atoms with E-state index in [1.807, 2.05) is 0 Å². The molecule has 0 radical (unpaired) electrons. The van der Waals surface area contributed by atoms with E-state index in [0.29, 0.717) is 11.6 Å². The Balaban J connectivity index is 1.70. The monoisotopic (exact) mass is 294 g/mol. The number of likely N-dealkylation sites (N-methyl/N-ethyl adjacent to an activating group) is 2. The molecule has 2 aliphatic carbocycles. The predicted octanol–water partition coefficient (Wildman–Crippen LogP) is 1.36. The number of rotatable bonds is 6. The third kappa shape index (κ3) is 2.65. The zero-order valence-electron chi connectivity index (χ0n) is 14.4. The van der Waals surface area contributed by atoms with E-state index in [4.69, 9.17) is 5.73 Å². The summed E-state index contributed by atoms with van der Waals surface area (Å²) in [5.74, 6) is 0. The average Bonchev–Trinajstić information content (AvgIpc) is 3.17. The maximum atomic E-state index is 6.29. The largest absolute Gasteiger partial charge is 0.329 e. The van der Waals surface area contributed by atoms with Gasteiger partial charge in [-0.2, -0.15) is 0 Å². The highest BCUT2D eigenvalue weighted by Crippen LogP contribution is 2.42. The molecule has 0 aromatic heterocycles. The van der Waals surface area contributed by atoms with Crippen LogP contribution in [0.5, 0.6) is 0 Å². The predicted molar refractivity (Wildman–Crippen MR) is 88.5 cm³/mol. The summed E-state index contributed by atoms with van der Waals surface area (Å²) in [7, 11) is 6.81. The van der Waals surface area contributed by atoms with Gasteiger partial charge in [0.05, 0.1) is 0 Å². The van der Waals surface area contributed by atoms with E-state index in [-0.39, 0.29) is 5.54 Å². The van der Waals surface area contributed by atoms with Crippen molar-refractivity contribution >= 4 is 0 Å². The van der Waals surface area contributed by atoms with Crippen molar-refractivity contribution in [1.82, 2.24) is 14.7 Å². The molecule has 4 heteroatoms. The standard InChI is InChI=1S/C17H34N4/c1-14-10-17(11-18,13-21(14)15-6-7-15)20(4)12-16(19(2)3)8-5-9-16/h14-15H,5-13,18H2,1-4H3. The van der Waals surface area contributed by atoms with Crippen LogP contribution in [-0.4, -0.2) is 78.6 Å². The number of nitrogens with two attached hydrogens (primary N) is 1. The van der Waals surface area contributed by atoms with E-state index in [1.165, 1.54) is 51.6 Å². The van der Waals surface area contributed by atoms with E-state index < -0.39 is 0 Å². The minimum Gasteiger partial charge on any atom is -0.329 e. The van der Waals surface area contributed by atoms with Crippen LogP contribution in [0.15, 0.2) is 0 Å². The molecule has 2 unspecified atom stereocenters. The minimum absolute atomic E-state index is 0.195. The number of hydrogen-bond donors (Lipinski definition) is 1. The molecule has 1 saturated heterocycles. The van der Waals surface area contributed by atoms with E-state index in [9.17, 15) is 0 Å². The quantitative estimate of drug-likeness (QED) is 0.802. The summed E-state index contributed by atoms with van der Waals surface area (Å²) in [6.45, 7) is 5.53. The molecule has 21 heavy (non-hydrogen) atoms. The Labute approximate surface area is 130 Å². The first-order valence-corrected chi connectivity index (χ1v) is 8.77. The van der Waals surface area contributed by atoms with Crippen LogP contribution < -0.4 is 5.73 Å². The molecule has 2 N–H and O–H groups in total. The second-order valence-corrected chi connectivity index (χ2v) is 8.21. The minimum atomic E-state index is 0.195. The van der Waals surface area contributed by atoms with Gasteiger partial charge in [-0.05, 0) is 66.6 Å². The van der Waals surface area contributed by atoms with Gasteiger partial charge in [0.15, 0.2) is 0 Å². The van der Waals surface area contributed by atoms with E-state index >= 15 is 0 Å². The smallest absolute Gasteiger partial charge is 0.0471 e. The van der Waals surface area contributed by atoms with Gasteiger partial charge in [-0.25, -0.2) is 0 Å². The molecule has 3 fully saturated rings. The maximum Gasteiger partial charge on any atom is 0.0471 e. The highest BCUT2D eigenvalue weighted by atomic mass is 15.3. The fourth-order valence-corrected chi connectivity index (χ4v) is 4.64. The lowest BCUT2D eigenvalue weighted by molar-refractivity contribution is -0.00556. The summed E-state index contributed by atoms with van der Waals surface area (Å²) in [4.78, 5) is 7.80. The van der Waals surface area contributed by atoms with Gasteiger partial charge in [0.1, 0.15) is 0 Å². The van der Waals surface area contributed by atoms with Crippen LogP contribution in [0.2, 0.25) is 0 Å². The highest BCUT2D eigenvalue weighted by molar-refractivity contribution is 5.09. The SMILES string of the molecule is CC1CC(CN)(N(C)CC2(N(C)C)CCC2)CN1C1CC1. The first-order chi connectivity index (χ1) is 9.92. The third-order valence-corrected chi connectivity index (χ3v) is 6.69. The van der Waals surface area contributed by atoms with Crippen molar-refractivity contribution in [2.75, 3.05) is 40.8 Å². The molecular formula is C17H34N4. The second-order valence-electron chi connectivity index (χ2n) is 8.21. The van der Waals surface area contributed by atoms with E-state index in [1.54, 1.807) is 0 Å². The van der Waals surface area contributed by atoms with Gasteiger partial charge in [-0.3, -0.25) is 9.80 Å². The summed E-state index contributed by atoms with van der Waals surface area (Å²) < 4.78 is 0. The van der Waals surface area contributed by atoms with Gasteiger partial charge >= 0.3 is 0 Å². The van der Waals surface area contributed by atoms with Crippen molar-refractivity contribution in [2.24, 2.45) is 5.73 Å². The Bertz CT molecular complexity index is 375. The lowest BCUT2D eigenvalue weighted by Crippen LogP contribution is -2.63. The van der Waals surface area contributed by atoms with Gasteiger partial charge in [0.25, 0.3) is 0 Å². The van der Waals surface area contributed by atoms with Crippen LogP contribution >= 0.6 is 0 Å². The lowest BCUT2D eigenvalue weighted by Gasteiger charge is -2.52. The van der Waals surface area contributed by atoms with Gasteiger partial charge < -0.3 is 10.6 Å². The number of likely N-dealkylation sites (tertiary alicyclic amines) is 1. The lowest BCUT2D eigenvalue weighted by atomic mass is 9.74. The summed E-state index contributed by atoms with van der Waals surface area (Å²) in [5.41, 5.74) is 6.88. The van der Waals surface area contributed by atoms with Crippen LogP contribution in [0, 0.1) is 0 Å². The molecule has 3 aliphatic rings. The summed E-state index contributed by atoms with van der Waals surface area (Å²) in [6.07, 6.45) is 8.10.